The van der Waals surface area contributed by atoms with Gasteiger partial charge in [0.1, 0.15) is 5.82 Å². The maximum absolute atomic E-state index is 12.6. The molecule has 0 aliphatic carbocycles. The van der Waals surface area contributed by atoms with E-state index in [-0.39, 0.29) is 16.9 Å². The molecule has 2 heterocycles. The summed E-state index contributed by atoms with van der Waals surface area (Å²) >= 11 is 1.25. The molecule has 7 heteroatoms. The number of pyridine rings is 1. The molecular formula is C11H13F3N2OS. The van der Waals surface area contributed by atoms with Gasteiger partial charge in [0.15, 0.2) is 0 Å². The van der Waals surface area contributed by atoms with Crippen molar-refractivity contribution < 1.29 is 17.9 Å². The number of alkyl halides is 3. The van der Waals surface area contributed by atoms with Crippen LogP contribution in [-0.2, 0) is 10.9 Å². The third-order valence-electron chi connectivity index (χ3n) is 2.59. The highest BCUT2D eigenvalue weighted by molar-refractivity contribution is 7.99. The molecule has 2 N–H and O–H groups in total. The van der Waals surface area contributed by atoms with Gasteiger partial charge in [0.2, 0.25) is 0 Å². The first-order chi connectivity index (χ1) is 8.45. The Labute approximate surface area is 107 Å². The van der Waals surface area contributed by atoms with Crippen LogP contribution in [0.2, 0.25) is 0 Å². The van der Waals surface area contributed by atoms with Gasteiger partial charge in [0.05, 0.1) is 16.7 Å². The molecule has 18 heavy (non-hydrogen) atoms. The number of thioether (sulfide) groups is 1. The van der Waals surface area contributed by atoms with E-state index in [0.717, 1.165) is 31.6 Å². The van der Waals surface area contributed by atoms with Crippen molar-refractivity contribution in [1.29, 1.82) is 0 Å². The first-order valence-electron chi connectivity index (χ1n) is 5.54. The number of nitrogens with zero attached hydrogens (tertiary/aromatic N) is 1. The van der Waals surface area contributed by atoms with Gasteiger partial charge in [-0.3, -0.25) is 0 Å². The van der Waals surface area contributed by atoms with E-state index in [1.807, 2.05) is 0 Å². The fourth-order valence-electron chi connectivity index (χ4n) is 1.72. The molecule has 1 aliphatic heterocycles. The van der Waals surface area contributed by atoms with Gasteiger partial charge in [-0.2, -0.15) is 13.2 Å². The van der Waals surface area contributed by atoms with Gasteiger partial charge >= 0.3 is 6.18 Å². The Hall–Kier alpha value is -0.950. The van der Waals surface area contributed by atoms with Gasteiger partial charge in [0, 0.05) is 12.4 Å². The van der Waals surface area contributed by atoms with Crippen molar-refractivity contribution in [3.05, 3.63) is 17.7 Å². The number of hydrogen-bond acceptors (Lipinski definition) is 4. The smallest absolute Gasteiger partial charge is 0.384 e. The minimum atomic E-state index is -4.39. The Bertz CT molecular complexity index is 419. The van der Waals surface area contributed by atoms with Crippen molar-refractivity contribution in [2.24, 2.45) is 0 Å². The lowest BCUT2D eigenvalue weighted by Crippen LogP contribution is -2.10. The predicted octanol–water partition coefficient (Wildman–Crippen LogP) is 2.95. The van der Waals surface area contributed by atoms with Crippen molar-refractivity contribution in [3.63, 3.8) is 0 Å². The van der Waals surface area contributed by atoms with Crippen LogP contribution in [0, 0.1) is 0 Å². The fraction of sp³-hybridized carbons (Fsp3) is 0.545. The summed E-state index contributed by atoms with van der Waals surface area (Å²) in [6, 6.07) is 1.87. The predicted molar refractivity (Wildman–Crippen MR) is 63.3 cm³/mol. The van der Waals surface area contributed by atoms with E-state index in [2.05, 4.69) is 4.98 Å². The summed E-state index contributed by atoms with van der Waals surface area (Å²) in [5.41, 5.74) is 4.62. The standard InChI is InChI=1S/C11H13F3N2OS/c12-11(13,14)7-4-9(15)16-10(5-7)18-6-8-2-1-3-17-8/h4-5,8H,1-3,6H2,(H2,15,16). The minimum absolute atomic E-state index is 0.104. The third kappa shape index (κ3) is 3.52. The normalized spacial score (nSPS) is 20.3. The second-order valence-corrected chi connectivity index (χ2v) is 5.10. The number of nitrogen functional groups attached to an aromatic ring is 1. The monoisotopic (exact) mass is 278 g/mol. The van der Waals surface area contributed by atoms with Gasteiger partial charge in [0.25, 0.3) is 0 Å². The summed E-state index contributed by atoms with van der Waals surface area (Å²) in [4.78, 5) is 3.89. The second kappa shape index (κ2) is 5.36. The Kier molecular flexibility index (Phi) is 4.01. The number of anilines is 1. The van der Waals surface area contributed by atoms with Crippen molar-refractivity contribution in [2.45, 2.75) is 30.1 Å². The topological polar surface area (TPSA) is 48.1 Å². The van der Waals surface area contributed by atoms with E-state index >= 15 is 0 Å². The van der Waals surface area contributed by atoms with E-state index in [4.69, 9.17) is 10.5 Å². The number of hydrogen-bond donors (Lipinski definition) is 1. The summed E-state index contributed by atoms with van der Waals surface area (Å²) in [5, 5.41) is 0.290. The molecule has 0 amide bonds. The van der Waals surface area contributed by atoms with Crippen molar-refractivity contribution in [3.8, 4) is 0 Å². The van der Waals surface area contributed by atoms with E-state index in [1.54, 1.807) is 0 Å². The summed E-state index contributed by atoms with van der Waals surface area (Å²) in [7, 11) is 0. The zero-order valence-corrected chi connectivity index (χ0v) is 10.4. The molecule has 1 atom stereocenters. The van der Waals surface area contributed by atoms with Gasteiger partial charge in [-0.15, -0.1) is 11.8 Å². The van der Waals surface area contributed by atoms with Crippen LogP contribution in [0.15, 0.2) is 17.2 Å². The average Bonchev–Trinajstić information content (AvgIpc) is 2.77. The quantitative estimate of drug-likeness (QED) is 0.864. The molecule has 0 radical (unpaired) electrons. The molecule has 0 spiro atoms. The Balaban J connectivity index is 2.05. The van der Waals surface area contributed by atoms with E-state index in [9.17, 15) is 13.2 Å². The van der Waals surface area contributed by atoms with Crippen LogP contribution in [-0.4, -0.2) is 23.4 Å². The van der Waals surface area contributed by atoms with Gasteiger partial charge < -0.3 is 10.5 Å². The molecule has 1 aliphatic rings. The summed E-state index contributed by atoms with van der Waals surface area (Å²) in [6.07, 6.45) is -2.34. The molecule has 0 bridgehead atoms. The fourth-order valence-corrected chi connectivity index (χ4v) is 2.72. The molecule has 100 valence electrons. The molecule has 1 aromatic heterocycles. The van der Waals surface area contributed by atoms with Crippen LogP contribution in [0.5, 0.6) is 0 Å². The van der Waals surface area contributed by atoms with E-state index < -0.39 is 11.7 Å². The number of nitrogens with two attached hydrogens (primary N) is 1. The van der Waals surface area contributed by atoms with Crippen LogP contribution < -0.4 is 5.73 Å². The minimum Gasteiger partial charge on any atom is -0.384 e. The lowest BCUT2D eigenvalue weighted by molar-refractivity contribution is -0.137. The zero-order chi connectivity index (χ0) is 13.2. The van der Waals surface area contributed by atoms with Crippen LogP contribution in [0.25, 0.3) is 0 Å². The lowest BCUT2D eigenvalue weighted by atomic mass is 10.2. The third-order valence-corrected chi connectivity index (χ3v) is 3.63. The zero-order valence-electron chi connectivity index (χ0n) is 9.54. The summed E-state index contributed by atoms with van der Waals surface area (Å²) < 4.78 is 43.1. The summed E-state index contributed by atoms with van der Waals surface area (Å²) in [6.45, 7) is 0.726. The molecule has 1 fully saturated rings. The number of rotatable bonds is 3. The summed E-state index contributed by atoms with van der Waals surface area (Å²) in [5.74, 6) is 0.493. The van der Waals surface area contributed by atoms with E-state index in [1.165, 1.54) is 11.8 Å². The maximum Gasteiger partial charge on any atom is 0.416 e. The largest absolute Gasteiger partial charge is 0.416 e. The highest BCUT2D eigenvalue weighted by Crippen LogP contribution is 2.33. The van der Waals surface area contributed by atoms with Crippen LogP contribution >= 0.6 is 11.8 Å². The first kappa shape index (κ1) is 13.5. The Morgan fingerprint density at radius 3 is 2.83 bits per heavy atom. The Morgan fingerprint density at radius 1 is 1.44 bits per heavy atom. The second-order valence-electron chi connectivity index (χ2n) is 4.06. The van der Waals surface area contributed by atoms with Crippen LogP contribution in [0.1, 0.15) is 18.4 Å². The lowest BCUT2D eigenvalue weighted by Gasteiger charge is -2.11. The van der Waals surface area contributed by atoms with Crippen molar-refractivity contribution in [1.82, 2.24) is 4.98 Å². The average molecular weight is 278 g/mol. The van der Waals surface area contributed by atoms with Crippen LogP contribution in [0.3, 0.4) is 0 Å². The highest BCUT2D eigenvalue weighted by Gasteiger charge is 2.31. The molecule has 1 saturated heterocycles. The molecular weight excluding hydrogens is 265 g/mol. The van der Waals surface area contributed by atoms with Gasteiger partial charge in [-0.25, -0.2) is 4.98 Å². The number of ether oxygens (including phenoxy) is 1. The van der Waals surface area contributed by atoms with Gasteiger partial charge in [-0.1, -0.05) is 0 Å². The molecule has 1 unspecified atom stereocenters. The first-order valence-corrected chi connectivity index (χ1v) is 6.53. The molecule has 2 rings (SSSR count). The number of aromatic nitrogens is 1. The van der Waals surface area contributed by atoms with E-state index in [0.29, 0.717) is 5.75 Å². The number of halogens is 3. The van der Waals surface area contributed by atoms with Crippen molar-refractivity contribution >= 4 is 17.6 Å². The molecule has 3 nitrogen and oxygen atoms in total. The van der Waals surface area contributed by atoms with Crippen LogP contribution in [0.4, 0.5) is 19.0 Å². The molecule has 0 saturated carbocycles. The van der Waals surface area contributed by atoms with Crippen molar-refractivity contribution in [2.75, 3.05) is 18.1 Å². The molecule has 1 aromatic rings. The van der Waals surface area contributed by atoms with Gasteiger partial charge in [-0.05, 0) is 25.0 Å². The maximum atomic E-state index is 12.6. The molecule has 0 aromatic carbocycles. The SMILES string of the molecule is Nc1cc(C(F)(F)F)cc(SCC2CCCO2)n1. The highest BCUT2D eigenvalue weighted by atomic mass is 32.2. The Morgan fingerprint density at radius 2 is 2.22 bits per heavy atom.